The summed E-state index contributed by atoms with van der Waals surface area (Å²) in [5.41, 5.74) is 0.784. The molecule has 0 bridgehead atoms. The van der Waals surface area contributed by atoms with Crippen molar-refractivity contribution in [2.45, 2.75) is 12.5 Å². The van der Waals surface area contributed by atoms with Crippen LogP contribution in [0.1, 0.15) is 12.5 Å². The monoisotopic (exact) mass is 385 g/mol. The fraction of sp³-hybridized carbons (Fsp3) is 0.111. The molecule has 9 heteroatoms. The van der Waals surface area contributed by atoms with Crippen molar-refractivity contribution in [3.05, 3.63) is 59.4 Å². The van der Waals surface area contributed by atoms with Gasteiger partial charge in [-0.1, -0.05) is 23.7 Å². The normalized spacial score (nSPS) is 15.3. The number of hydrogen-bond acceptors (Lipinski definition) is 4. The number of benzene rings is 2. The number of halogens is 2. The summed E-state index contributed by atoms with van der Waals surface area (Å²) in [6.07, 6.45) is -0.198. The highest BCUT2D eigenvalue weighted by Crippen LogP contribution is 2.29. The molecule has 1 aliphatic rings. The number of fused-ring (bicyclic) bond motifs is 1. The molecule has 1 aliphatic heterocycles. The van der Waals surface area contributed by atoms with Crippen molar-refractivity contribution >= 4 is 35.1 Å². The lowest BCUT2D eigenvalue weighted by Crippen LogP contribution is -2.24. The summed E-state index contributed by atoms with van der Waals surface area (Å²) in [5.74, 6) is -0.781. The Balaban J connectivity index is 1.53. The molecule has 2 heterocycles. The highest BCUT2D eigenvalue weighted by molar-refractivity contribution is 6.30. The smallest absolute Gasteiger partial charge is 0.252 e. The number of hydrogen-bond donors (Lipinski definition) is 2. The van der Waals surface area contributed by atoms with Gasteiger partial charge >= 0.3 is 0 Å². The second kappa shape index (κ2) is 6.81. The molecule has 2 N–H and O–H groups in total. The minimum atomic E-state index is -0.861. The zero-order chi connectivity index (χ0) is 19.0. The second-order valence-electron chi connectivity index (χ2n) is 5.95. The van der Waals surface area contributed by atoms with Crippen LogP contribution in [0.15, 0.2) is 48.5 Å². The van der Waals surface area contributed by atoms with E-state index in [2.05, 4.69) is 20.7 Å². The topological polar surface area (TPSA) is 88.9 Å². The largest absolute Gasteiger partial charge is 0.324 e. The van der Waals surface area contributed by atoms with Crippen molar-refractivity contribution < 1.29 is 14.0 Å². The third kappa shape index (κ3) is 3.39. The SMILES string of the molecule is O=C(CC1C(=O)Nc2nc(-c3ccc(Cl)cc3)nn21)Nc1ccccc1F. The van der Waals surface area contributed by atoms with Gasteiger partial charge in [-0.05, 0) is 36.4 Å². The summed E-state index contributed by atoms with van der Waals surface area (Å²) in [6, 6.07) is 11.9. The third-order valence-electron chi connectivity index (χ3n) is 4.09. The molecule has 3 aromatic rings. The van der Waals surface area contributed by atoms with E-state index in [1.54, 1.807) is 30.3 Å². The van der Waals surface area contributed by atoms with Gasteiger partial charge in [0, 0.05) is 10.6 Å². The Hall–Kier alpha value is -3.26. The summed E-state index contributed by atoms with van der Waals surface area (Å²) in [4.78, 5) is 28.7. The van der Waals surface area contributed by atoms with Crippen molar-refractivity contribution in [1.29, 1.82) is 0 Å². The molecule has 7 nitrogen and oxygen atoms in total. The molecule has 0 saturated heterocycles. The second-order valence-corrected chi connectivity index (χ2v) is 6.38. The molecule has 4 rings (SSSR count). The number of anilines is 2. The van der Waals surface area contributed by atoms with Crippen LogP contribution >= 0.6 is 11.6 Å². The average molecular weight is 386 g/mol. The van der Waals surface area contributed by atoms with Crippen LogP contribution in [0.2, 0.25) is 5.02 Å². The first-order valence-electron chi connectivity index (χ1n) is 8.09. The Morgan fingerprint density at radius 2 is 1.96 bits per heavy atom. The number of rotatable bonds is 4. The molecule has 136 valence electrons. The number of para-hydroxylation sites is 1. The van der Waals surface area contributed by atoms with Crippen LogP contribution in [-0.2, 0) is 9.59 Å². The standard InChI is InChI=1S/C18H13ClFN5O2/c19-11-7-5-10(6-8-11)16-22-18-23-17(27)14(25(18)24-16)9-15(26)21-13-4-2-1-3-12(13)20/h1-8,14H,9H2,(H,21,26)(H,22,23,24,27). The van der Waals surface area contributed by atoms with E-state index in [1.165, 1.54) is 22.9 Å². The minimum absolute atomic E-state index is 0.0570. The van der Waals surface area contributed by atoms with Gasteiger partial charge in [-0.25, -0.2) is 9.07 Å². The Morgan fingerprint density at radius 1 is 1.22 bits per heavy atom. The average Bonchev–Trinajstić information content (AvgIpc) is 3.17. The molecule has 1 aromatic heterocycles. The van der Waals surface area contributed by atoms with Crippen LogP contribution in [0.4, 0.5) is 16.0 Å². The molecule has 27 heavy (non-hydrogen) atoms. The van der Waals surface area contributed by atoms with Crippen LogP contribution in [0.3, 0.4) is 0 Å². The van der Waals surface area contributed by atoms with Gasteiger partial charge in [-0.2, -0.15) is 4.98 Å². The molecule has 0 aliphatic carbocycles. The van der Waals surface area contributed by atoms with Crippen molar-refractivity contribution in [2.75, 3.05) is 10.6 Å². The molecule has 1 atom stereocenters. The lowest BCUT2D eigenvalue weighted by atomic mass is 10.2. The predicted molar refractivity (Wildman–Crippen MR) is 97.8 cm³/mol. The molecule has 1 unspecified atom stereocenters. The van der Waals surface area contributed by atoms with Crippen molar-refractivity contribution in [2.24, 2.45) is 0 Å². The fourth-order valence-electron chi connectivity index (χ4n) is 2.77. The first kappa shape index (κ1) is 17.2. The summed E-state index contributed by atoms with van der Waals surface area (Å²) in [5, 5.41) is 9.97. The minimum Gasteiger partial charge on any atom is -0.324 e. The lowest BCUT2D eigenvalue weighted by Gasteiger charge is -2.10. The van der Waals surface area contributed by atoms with E-state index in [9.17, 15) is 14.0 Å². The Morgan fingerprint density at radius 3 is 2.70 bits per heavy atom. The quantitative estimate of drug-likeness (QED) is 0.721. The summed E-state index contributed by atoms with van der Waals surface area (Å²) in [7, 11) is 0. The third-order valence-corrected chi connectivity index (χ3v) is 4.35. The highest BCUT2D eigenvalue weighted by atomic mass is 35.5. The summed E-state index contributed by atoms with van der Waals surface area (Å²) in [6.45, 7) is 0. The number of nitrogens with zero attached hydrogens (tertiary/aromatic N) is 3. The van der Waals surface area contributed by atoms with Crippen LogP contribution in [0, 0.1) is 5.82 Å². The van der Waals surface area contributed by atoms with Gasteiger partial charge in [0.2, 0.25) is 11.9 Å². The predicted octanol–water partition coefficient (Wildman–Crippen LogP) is 3.26. The zero-order valence-electron chi connectivity index (χ0n) is 13.8. The van der Waals surface area contributed by atoms with Gasteiger partial charge in [-0.15, -0.1) is 5.10 Å². The summed E-state index contributed by atoms with van der Waals surface area (Å²) >= 11 is 5.88. The van der Waals surface area contributed by atoms with Gasteiger partial charge in [0.1, 0.15) is 11.9 Å². The van der Waals surface area contributed by atoms with E-state index < -0.39 is 23.7 Å². The zero-order valence-corrected chi connectivity index (χ0v) is 14.6. The van der Waals surface area contributed by atoms with E-state index in [0.717, 1.165) is 5.56 Å². The molecule has 0 spiro atoms. The molecule has 2 aromatic carbocycles. The highest BCUT2D eigenvalue weighted by Gasteiger charge is 2.35. The number of aromatic nitrogens is 3. The molecular weight excluding hydrogens is 373 g/mol. The van der Waals surface area contributed by atoms with Gasteiger partial charge in [0.25, 0.3) is 5.91 Å². The molecule has 0 saturated carbocycles. The van der Waals surface area contributed by atoms with Crippen LogP contribution in [-0.4, -0.2) is 26.6 Å². The Labute approximate surface area is 158 Å². The lowest BCUT2D eigenvalue weighted by molar-refractivity contribution is -0.123. The van der Waals surface area contributed by atoms with Gasteiger partial charge in [0.15, 0.2) is 5.82 Å². The molecule has 2 amide bonds. The maximum absolute atomic E-state index is 13.7. The van der Waals surface area contributed by atoms with E-state index in [0.29, 0.717) is 10.8 Å². The van der Waals surface area contributed by atoms with Gasteiger partial charge in [-0.3, -0.25) is 14.9 Å². The van der Waals surface area contributed by atoms with Gasteiger partial charge in [0.05, 0.1) is 12.1 Å². The van der Waals surface area contributed by atoms with Crippen molar-refractivity contribution in [1.82, 2.24) is 14.8 Å². The van der Waals surface area contributed by atoms with Crippen molar-refractivity contribution in [3.8, 4) is 11.4 Å². The number of carbonyl (C=O) groups excluding carboxylic acids is 2. The van der Waals surface area contributed by atoms with E-state index in [4.69, 9.17) is 11.6 Å². The number of amides is 2. The fourth-order valence-corrected chi connectivity index (χ4v) is 2.90. The number of carbonyl (C=O) groups is 2. The molecular formula is C18H13ClFN5O2. The van der Waals surface area contributed by atoms with E-state index in [1.807, 2.05) is 0 Å². The molecule has 0 radical (unpaired) electrons. The van der Waals surface area contributed by atoms with Gasteiger partial charge < -0.3 is 5.32 Å². The Bertz CT molecular complexity index is 1030. The summed E-state index contributed by atoms with van der Waals surface area (Å²) < 4.78 is 15.0. The number of nitrogens with one attached hydrogen (secondary N) is 2. The van der Waals surface area contributed by atoms with Crippen LogP contribution in [0.5, 0.6) is 0 Å². The first-order valence-corrected chi connectivity index (χ1v) is 8.47. The molecule has 0 fully saturated rings. The van der Waals surface area contributed by atoms with E-state index in [-0.39, 0.29) is 18.1 Å². The first-order chi connectivity index (χ1) is 13.0. The Kier molecular flexibility index (Phi) is 4.33. The van der Waals surface area contributed by atoms with Crippen LogP contribution < -0.4 is 10.6 Å². The maximum Gasteiger partial charge on any atom is 0.252 e. The van der Waals surface area contributed by atoms with E-state index >= 15 is 0 Å². The van der Waals surface area contributed by atoms with Crippen molar-refractivity contribution in [3.63, 3.8) is 0 Å². The maximum atomic E-state index is 13.7. The van der Waals surface area contributed by atoms with Crippen LogP contribution in [0.25, 0.3) is 11.4 Å².